The summed E-state index contributed by atoms with van der Waals surface area (Å²) in [4.78, 5) is 0. The van der Waals surface area contributed by atoms with Crippen LogP contribution in [0.4, 0.5) is 5.82 Å². The zero-order valence-corrected chi connectivity index (χ0v) is 11.5. The molecule has 0 saturated carbocycles. The van der Waals surface area contributed by atoms with Gasteiger partial charge in [0.25, 0.3) is 0 Å². The van der Waals surface area contributed by atoms with Gasteiger partial charge in [0, 0.05) is 4.47 Å². The van der Waals surface area contributed by atoms with Gasteiger partial charge in [-0.25, -0.2) is 0 Å². The molecule has 0 amide bonds. The van der Waals surface area contributed by atoms with E-state index in [0.29, 0.717) is 23.9 Å². The number of hydrogen-bond acceptors (Lipinski definition) is 4. The van der Waals surface area contributed by atoms with E-state index in [-0.39, 0.29) is 0 Å². The summed E-state index contributed by atoms with van der Waals surface area (Å²) in [6.07, 6.45) is 0. The van der Waals surface area contributed by atoms with Gasteiger partial charge in [0.05, 0.1) is 0 Å². The van der Waals surface area contributed by atoms with Gasteiger partial charge in [-0.05, 0) is 30.3 Å². The van der Waals surface area contributed by atoms with Crippen molar-refractivity contribution in [2.45, 2.75) is 6.61 Å². The molecule has 1 aromatic carbocycles. The average Bonchev–Trinajstić information content (AvgIpc) is 2.81. The Balaban J connectivity index is 1.86. The lowest BCUT2D eigenvalue weighted by atomic mass is 10.3. The topological polar surface area (TPSA) is 65.4 Å². The summed E-state index contributed by atoms with van der Waals surface area (Å²) in [5.74, 6) is 2.03. The molecule has 0 fully saturated rings. The molecule has 2 heterocycles. The fourth-order valence-electron chi connectivity index (χ4n) is 1.83. The Bertz CT molecular complexity index is 725. The lowest BCUT2D eigenvalue weighted by molar-refractivity contribution is 0.294. The normalized spacial score (nSPS) is 10.8. The largest absolute Gasteiger partial charge is 0.486 e. The van der Waals surface area contributed by atoms with Crippen LogP contribution in [0.3, 0.4) is 0 Å². The summed E-state index contributed by atoms with van der Waals surface area (Å²) in [5.41, 5.74) is 6.63. The Hall–Kier alpha value is -2.08. The number of pyridine rings is 1. The lowest BCUT2D eigenvalue weighted by Gasteiger charge is -2.06. The number of aromatic nitrogens is 3. The maximum Gasteiger partial charge on any atom is 0.177 e. The van der Waals surface area contributed by atoms with E-state index < -0.39 is 0 Å². The van der Waals surface area contributed by atoms with Crippen molar-refractivity contribution < 1.29 is 4.74 Å². The smallest absolute Gasteiger partial charge is 0.177 e. The van der Waals surface area contributed by atoms with E-state index in [1.807, 2.05) is 36.4 Å². The standard InChI is InChI=1S/C13H11BrN4O/c14-9-3-1-4-10(7-9)19-8-13-17-16-12-6-2-5-11(15)18(12)13/h1-7H,8,15H2. The molecule has 6 heteroatoms. The molecule has 3 rings (SSSR count). The first-order valence-electron chi connectivity index (χ1n) is 5.71. The Labute approximate surface area is 118 Å². The summed E-state index contributed by atoms with van der Waals surface area (Å²) in [6.45, 7) is 0.311. The summed E-state index contributed by atoms with van der Waals surface area (Å²) in [6, 6.07) is 13.1. The molecule has 0 saturated heterocycles. The van der Waals surface area contributed by atoms with Crippen molar-refractivity contribution in [3.8, 4) is 5.75 Å². The maximum absolute atomic E-state index is 5.91. The van der Waals surface area contributed by atoms with Crippen LogP contribution in [0.1, 0.15) is 5.82 Å². The number of nitrogens with zero attached hydrogens (tertiary/aromatic N) is 3. The highest BCUT2D eigenvalue weighted by Crippen LogP contribution is 2.19. The molecule has 96 valence electrons. The zero-order chi connectivity index (χ0) is 13.2. The molecule has 0 spiro atoms. The second-order valence-corrected chi connectivity index (χ2v) is 4.92. The summed E-state index contributed by atoms with van der Waals surface area (Å²) >= 11 is 3.40. The molecule has 0 unspecified atom stereocenters. The Kier molecular flexibility index (Phi) is 3.08. The monoisotopic (exact) mass is 318 g/mol. The molecule has 0 bridgehead atoms. The van der Waals surface area contributed by atoms with E-state index in [2.05, 4.69) is 26.1 Å². The van der Waals surface area contributed by atoms with Crippen LogP contribution in [-0.4, -0.2) is 14.6 Å². The quantitative estimate of drug-likeness (QED) is 0.806. The van der Waals surface area contributed by atoms with Gasteiger partial charge in [0.2, 0.25) is 0 Å². The minimum Gasteiger partial charge on any atom is -0.486 e. The number of hydrogen-bond donors (Lipinski definition) is 1. The number of ether oxygens (including phenoxy) is 1. The molecule has 0 atom stereocenters. The summed E-state index contributed by atoms with van der Waals surface area (Å²) < 4.78 is 8.43. The number of nitrogen functional groups attached to an aromatic ring is 1. The van der Waals surface area contributed by atoms with Crippen molar-refractivity contribution in [2.24, 2.45) is 0 Å². The first kappa shape index (κ1) is 12.0. The predicted octanol–water partition coefficient (Wildman–Crippen LogP) is 2.65. The molecule has 0 aliphatic rings. The van der Waals surface area contributed by atoms with Crippen LogP contribution in [0.5, 0.6) is 5.75 Å². The third-order valence-electron chi connectivity index (χ3n) is 2.69. The first-order chi connectivity index (χ1) is 9.24. The molecule has 2 N–H and O–H groups in total. The van der Waals surface area contributed by atoms with Crippen molar-refractivity contribution in [3.05, 3.63) is 52.8 Å². The van der Waals surface area contributed by atoms with Gasteiger partial charge >= 0.3 is 0 Å². The van der Waals surface area contributed by atoms with E-state index in [1.54, 1.807) is 10.5 Å². The van der Waals surface area contributed by atoms with Gasteiger partial charge in [-0.15, -0.1) is 10.2 Å². The SMILES string of the molecule is Nc1cccc2nnc(COc3cccc(Br)c3)n12. The summed E-state index contributed by atoms with van der Waals surface area (Å²) in [7, 11) is 0. The van der Waals surface area contributed by atoms with Gasteiger partial charge in [-0.3, -0.25) is 4.40 Å². The number of nitrogens with two attached hydrogens (primary N) is 1. The second kappa shape index (κ2) is 4.89. The van der Waals surface area contributed by atoms with E-state index >= 15 is 0 Å². The van der Waals surface area contributed by atoms with Crippen molar-refractivity contribution in [2.75, 3.05) is 5.73 Å². The second-order valence-electron chi connectivity index (χ2n) is 4.01. The van der Waals surface area contributed by atoms with Gasteiger partial charge in [0.15, 0.2) is 11.5 Å². The highest BCUT2D eigenvalue weighted by molar-refractivity contribution is 9.10. The number of fused-ring (bicyclic) bond motifs is 1. The Morgan fingerprint density at radius 1 is 1.16 bits per heavy atom. The van der Waals surface area contributed by atoms with Crippen molar-refractivity contribution >= 4 is 27.4 Å². The number of halogens is 1. The van der Waals surface area contributed by atoms with Crippen molar-refractivity contribution in [1.29, 1.82) is 0 Å². The van der Waals surface area contributed by atoms with Crippen molar-refractivity contribution in [1.82, 2.24) is 14.6 Å². The minimum absolute atomic E-state index is 0.311. The molecule has 0 aliphatic heterocycles. The Morgan fingerprint density at radius 2 is 2.00 bits per heavy atom. The third kappa shape index (κ3) is 2.39. The predicted molar refractivity (Wildman–Crippen MR) is 75.9 cm³/mol. The molecule has 0 radical (unpaired) electrons. The molecule has 19 heavy (non-hydrogen) atoms. The highest BCUT2D eigenvalue weighted by Gasteiger charge is 2.08. The maximum atomic E-state index is 5.91. The third-order valence-corrected chi connectivity index (χ3v) is 3.18. The van der Waals surface area contributed by atoms with Crippen LogP contribution in [-0.2, 0) is 6.61 Å². The van der Waals surface area contributed by atoms with Gasteiger partial charge in [-0.2, -0.15) is 0 Å². The molecular weight excluding hydrogens is 308 g/mol. The van der Waals surface area contributed by atoms with Gasteiger partial charge < -0.3 is 10.5 Å². The lowest BCUT2D eigenvalue weighted by Crippen LogP contribution is -2.04. The van der Waals surface area contributed by atoms with E-state index in [0.717, 1.165) is 10.2 Å². The first-order valence-corrected chi connectivity index (χ1v) is 6.50. The highest BCUT2D eigenvalue weighted by atomic mass is 79.9. The van der Waals surface area contributed by atoms with Crippen LogP contribution in [0.2, 0.25) is 0 Å². The van der Waals surface area contributed by atoms with Gasteiger partial charge in [0.1, 0.15) is 18.2 Å². The van der Waals surface area contributed by atoms with E-state index in [1.165, 1.54) is 0 Å². The van der Waals surface area contributed by atoms with Crippen LogP contribution >= 0.6 is 15.9 Å². The van der Waals surface area contributed by atoms with Gasteiger partial charge in [-0.1, -0.05) is 28.1 Å². The molecular formula is C13H11BrN4O. The van der Waals surface area contributed by atoms with Crippen molar-refractivity contribution in [3.63, 3.8) is 0 Å². The summed E-state index contributed by atoms with van der Waals surface area (Å²) in [5, 5.41) is 8.14. The van der Waals surface area contributed by atoms with Crippen LogP contribution in [0.15, 0.2) is 46.9 Å². The molecule has 5 nitrogen and oxygen atoms in total. The Morgan fingerprint density at radius 3 is 2.84 bits per heavy atom. The molecule has 2 aromatic heterocycles. The molecule has 0 aliphatic carbocycles. The average molecular weight is 319 g/mol. The number of benzene rings is 1. The van der Waals surface area contributed by atoms with Crippen LogP contribution < -0.4 is 10.5 Å². The number of rotatable bonds is 3. The minimum atomic E-state index is 0.311. The molecule has 3 aromatic rings. The number of anilines is 1. The zero-order valence-electron chi connectivity index (χ0n) is 9.95. The fraction of sp³-hybridized carbons (Fsp3) is 0.0769. The van der Waals surface area contributed by atoms with Crippen LogP contribution in [0, 0.1) is 0 Å². The fourth-order valence-corrected chi connectivity index (χ4v) is 2.20. The van der Waals surface area contributed by atoms with E-state index in [4.69, 9.17) is 10.5 Å². The van der Waals surface area contributed by atoms with E-state index in [9.17, 15) is 0 Å². The van der Waals surface area contributed by atoms with Crippen LogP contribution in [0.25, 0.3) is 5.65 Å².